The molecule has 15 heavy (non-hydrogen) atoms. The van der Waals surface area contributed by atoms with Crippen LogP contribution in [0.2, 0.25) is 0 Å². The molecule has 0 aliphatic heterocycles. The van der Waals surface area contributed by atoms with Gasteiger partial charge >= 0.3 is 0 Å². The van der Waals surface area contributed by atoms with Crippen molar-refractivity contribution in [2.75, 3.05) is 5.32 Å². The van der Waals surface area contributed by atoms with Gasteiger partial charge in [0.15, 0.2) is 5.13 Å². The third kappa shape index (κ3) is 2.03. The predicted molar refractivity (Wildman–Crippen MR) is 58.9 cm³/mol. The van der Waals surface area contributed by atoms with Gasteiger partial charge in [-0.3, -0.25) is 4.79 Å². The van der Waals surface area contributed by atoms with Crippen LogP contribution in [-0.4, -0.2) is 16.0 Å². The second-order valence-corrected chi connectivity index (χ2v) is 5.10. The highest BCUT2D eigenvalue weighted by Crippen LogP contribution is 2.40. The van der Waals surface area contributed by atoms with Crippen molar-refractivity contribution < 1.29 is 9.90 Å². The number of aromatic nitrogens is 1. The summed E-state index contributed by atoms with van der Waals surface area (Å²) < 4.78 is 0. The maximum atomic E-state index is 10.9. The number of carbonyl (C=O) groups excluding carboxylic acids is 1. The molecule has 0 bridgehead atoms. The molecule has 0 aromatic carbocycles. The molecule has 0 saturated heterocycles. The molecule has 5 heteroatoms. The van der Waals surface area contributed by atoms with Crippen molar-refractivity contribution >= 4 is 22.4 Å². The number of rotatable bonds is 1. The van der Waals surface area contributed by atoms with Crippen molar-refractivity contribution in [2.45, 2.75) is 38.7 Å². The number of aliphatic hydroxyl groups is 1. The van der Waals surface area contributed by atoms with Crippen molar-refractivity contribution in [1.29, 1.82) is 0 Å². The Balaban J connectivity index is 2.33. The summed E-state index contributed by atoms with van der Waals surface area (Å²) >= 11 is 1.38. The van der Waals surface area contributed by atoms with Gasteiger partial charge in [0.2, 0.25) is 5.91 Å². The summed E-state index contributed by atoms with van der Waals surface area (Å²) in [6, 6.07) is 0. The fraction of sp³-hybridized carbons (Fsp3) is 0.600. The highest BCUT2D eigenvalue weighted by molar-refractivity contribution is 7.16. The number of anilines is 1. The minimum atomic E-state index is -0.776. The largest absolute Gasteiger partial charge is 0.385 e. The van der Waals surface area contributed by atoms with Gasteiger partial charge in [0.1, 0.15) is 0 Å². The summed E-state index contributed by atoms with van der Waals surface area (Å²) in [5.74, 6) is -0.124. The van der Waals surface area contributed by atoms with E-state index in [0.29, 0.717) is 5.13 Å². The van der Waals surface area contributed by atoms with E-state index >= 15 is 0 Å². The van der Waals surface area contributed by atoms with Gasteiger partial charge in [0.05, 0.1) is 16.2 Å². The molecule has 1 heterocycles. The SMILES string of the molecule is CC(=O)Nc1nc2c(s1)C(C)(O)CCC2. The number of carbonyl (C=O) groups is 1. The minimum absolute atomic E-state index is 0.124. The van der Waals surface area contributed by atoms with Crippen molar-refractivity contribution in [3.8, 4) is 0 Å². The number of aryl methyl sites for hydroxylation is 1. The number of nitrogens with one attached hydrogen (secondary N) is 1. The molecule has 4 nitrogen and oxygen atoms in total. The standard InChI is InChI=1S/C10H14N2O2S/c1-6(13)11-9-12-7-4-3-5-10(2,14)8(7)15-9/h14H,3-5H2,1-2H3,(H,11,12,13). The zero-order valence-electron chi connectivity index (χ0n) is 8.83. The average molecular weight is 226 g/mol. The topological polar surface area (TPSA) is 62.2 Å². The molecule has 0 fully saturated rings. The zero-order chi connectivity index (χ0) is 11.1. The summed E-state index contributed by atoms with van der Waals surface area (Å²) in [7, 11) is 0. The van der Waals surface area contributed by atoms with E-state index in [1.807, 2.05) is 0 Å². The molecule has 1 aliphatic rings. The van der Waals surface area contributed by atoms with Crippen LogP contribution in [0.4, 0.5) is 5.13 Å². The fourth-order valence-electron chi connectivity index (χ4n) is 1.86. The van der Waals surface area contributed by atoms with Gasteiger partial charge in [-0.05, 0) is 26.2 Å². The van der Waals surface area contributed by atoms with Crippen LogP contribution in [0.1, 0.15) is 37.3 Å². The van der Waals surface area contributed by atoms with Gasteiger partial charge in [-0.2, -0.15) is 0 Å². The summed E-state index contributed by atoms with van der Waals surface area (Å²) in [5, 5.41) is 13.4. The Morgan fingerprint density at radius 1 is 1.67 bits per heavy atom. The molecule has 1 aromatic heterocycles. The Labute approximate surface area is 92.3 Å². The molecule has 1 amide bonds. The first-order valence-electron chi connectivity index (χ1n) is 4.99. The number of hydrogen-bond acceptors (Lipinski definition) is 4. The molecule has 2 rings (SSSR count). The lowest BCUT2D eigenvalue weighted by molar-refractivity contribution is -0.114. The third-order valence-corrected chi connectivity index (χ3v) is 3.81. The van der Waals surface area contributed by atoms with Gasteiger partial charge in [-0.1, -0.05) is 11.3 Å². The highest BCUT2D eigenvalue weighted by Gasteiger charge is 2.33. The Hall–Kier alpha value is -0.940. The molecular weight excluding hydrogens is 212 g/mol. The van der Waals surface area contributed by atoms with Crippen molar-refractivity contribution in [3.05, 3.63) is 10.6 Å². The van der Waals surface area contributed by atoms with E-state index in [4.69, 9.17) is 0 Å². The lowest BCUT2D eigenvalue weighted by Crippen LogP contribution is -2.25. The highest BCUT2D eigenvalue weighted by atomic mass is 32.1. The summed E-state index contributed by atoms with van der Waals surface area (Å²) in [5.41, 5.74) is 0.155. The van der Waals surface area contributed by atoms with Gasteiger partial charge in [-0.15, -0.1) is 0 Å². The maximum absolute atomic E-state index is 10.9. The van der Waals surface area contributed by atoms with Gasteiger partial charge in [0, 0.05) is 6.92 Å². The molecule has 1 atom stereocenters. The molecular formula is C10H14N2O2S. The number of thiazole rings is 1. The quantitative estimate of drug-likeness (QED) is 0.765. The molecule has 0 spiro atoms. The van der Waals surface area contributed by atoms with Crippen molar-refractivity contribution in [2.24, 2.45) is 0 Å². The first kappa shape index (κ1) is 10.6. The molecule has 1 aliphatic carbocycles. The molecule has 82 valence electrons. The smallest absolute Gasteiger partial charge is 0.223 e. The van der Waals surface area contributed by atoms with Crippen LogP contribution in [0, 0.1) is 0 Å². The van der Waals surface area contributed by atoms with E-state index in [1.54, 1.807) is 6.92 Å². The summed E-state index contributed by atoms with van der Waals surface area (Å²) in [6.07, 6.45) is 2.60. The van der Waals surface area contributed by atoms with Crippen molar-refractivity contribution in [1.82, 2.24) is 4.98 Å². The predicted octanol–water partition coefficient (Wildman–Crippen LogP) is 1.65. The fourth-order valence-corrected chi connectivity index (χ4v) is 2.99. The second kappa shape index (κ2) is 3.57. The Morgan fingerprint density at radius 3 is 3.00 bits per heavy atom. The number of hydrogen-bond donors (Lipinski definition) is 2. The lowest BCUT2D eigenvalue weighted by atomic mass is 9.89. The number of nitrogens with zero attached hydrogens (tertiary/aromatic N) is 1. The van der Waals surface area contributed by atoms with E-state index in [0.717, 1.165) is 29.8 Å². The Morgan fingerprint density at radius 2 is 2.40 bits per heavy atom. The number of amides is 1. The van der Waals surface area contributed by atoms with E-state index in [9.17, 15) is 9.90 Å². The van der Waals surface area contributed by atoms with E-state index in [1.165, 1.54) is 18.3 Å². The van der Waals surface area contributed by atoms with Gasteiger partial charge < -0.3 is 10.4 Å². The Kier molecular flexibility index (Phi) is 2.52. The molecule has 1 unspecified atom stereocenters. The first-order chi connectivity index (χ1) is 6.99. The van der Waals surface area contributed by atoms with E-state index in [2.05, 4.69) is 10.3 Å². The molecule has 2 N–H and O–H groups in total. The van der Waals surface area contributed by atoms with Crippen LogP contribution in [0.3, 0.4) is 0 Å². The van der Waals surface area contributed by atoms with Crippen LogP contribution in [0.15, 0.2) is 0 Å². The number of fused-ring (bicyclic) bond motifs is 1. The molecule has 0 radical (unpaired) electrons. The Bertz CT molecular complexity index is 398. The summed E-state index contributed by atoms with van der Waals surface area (Å²) in [6.45, 7) is 3.26. The third-order valence-electron chi connectivity index (χ3n) is 2.55. The van der Waals surface area contributed by atoms with Gasteiger partial charge in [0.25, 0.3) is 0 Å². The summed E-state index contributed by atoms with van der Waals surface area (Å²) in [4.78, 5) is 16.1. The van der Waals surface area contributed by atoms with Crippen LogP contribution in [0.5, 0.6) is 0 Å². The monoisotopic (exact) mass is 226 g/mol. The molecule has 0 saturated carbocycles. The maximum Gasteiger partial charge on any atom is 0.223 e. The zero-order valence-corrected chi connectivity index (χ0v) is 9.65. The lowest BCUT2D eigenvalue weighted by Gasteiger charge is -2.26. The average Bonchev–Trinajstić information content (AvgIpc) is 2.46. The van der Waals surface area contributed by atoms with Crippen LogP contribution in [-0.2, 0) is 16.8 Å². The molecule has 1 aromatic rings. The van der Waals surface area contributed by atoms with Crippen molar-refractivity contribution in [3.63, 3.8) is 0 Å². The first-order valence-corrected chi connectivity index (χ1v) is 5.81. The van der Waals surface area contributed by atoms with E-state index in [-0.39, 0.29) is 5.91 Å². The normalized spacial score (nSPS) is 24.7. The van der Waals surface area contributed by atoms with Crippen LogP contribution < -0.4 is 5.32 Å². The van der Waals surface area contributed by atoms with E-state index < -0.39 is 5.60 Å². The van der Waals surface area contributed by atoms with Crippen LogP contribution >= 0.6 is 11.3 Å². The second-order valence-electron chi connectivity index (χ2n) is 4.10. The van der Waals surface area contributed by atoms with Gasteiger partial charge in [-0.25, -0.2) is 4.98 Å². The van der Waals surface area contributed by atoms with Crippen LogP contribution in [0.25, 0.3) is 0 Å². The minimum Gasteiger partial charge on any atom is -0.385 e.